The highest BCUT2D eigenvalue weighted by Crippen LogP contribution is 2.28. The number of nitrogens with one attached hydrogen (secondary N) is 2. The van der Waals surface area contributed by atoms with E-state index in [1.807, 2.05) is 0 Å². The number of carboxylic acid groups (broad SMARTS) is 1. The third-order valence-electron chi connectivity index (χ3n) is 3.61. The first-order valence-electron chi connectivity index (χ1n) is 7.38. The molecule has 1 amide bonds. The second-order valence-electron chi connectivity index (χ2n) is 5.94. The van der Waals surface area contributed by atoms with Crippen LogP contribution in [0.25, 0.3) is 0 Å². The van der Waals surface area contributed by atoms with Crippen molar-refractivity contribution >= 4 is 23.3 Å². The topological polar surface area (TPSA) is 122 Å². The molecule has 1 aliphatic rings. The van der Waals surface area contributed by atoms with Gasteiger partial charge < -0.3 is 15.7 Å². The van der Waals surface area contributed by atoms with Crippen LogP contribution in [0.1, 0.15) is 37.0 Å². The van der Waals surface area contributed by atoms with Crippen molar-refractivity contribution in [1.82, 2.24) is 5.32 Å². The van der Waals surface area contributed by atoms with Gasteiger partial charge in [-0.1, -0.05) is 13.8 Å². The van der Waals surface area contributed by atoms with Crippen molar-refractivity contribution < 1.29 is 19.6 Å². The van der Waals surface area contributed by atoms with Gasteiger partial charge in [0.1, 0.15) is 11.7 Å². The molecule has 1 aromatic rings. The predicted octanol–water partition coefficient (Wildman–Crippen LogP) is 2.01. The largest absolute Gasteiger partial charge is 0.480 e. The first-order chi connectivity index (χ1) is 10.8. The number of rotatable bonds is 7. The number of aliphatic carboxylic acids is 1. The molecule has 8 heteroatoms. The Kier molecular flexibility index (Phi) is 4.83. The molecule has 1 aromatic carbocycles. The maximum atomic E-state index is 12.0. The van der Waals surface area contributed by atoms with E-state index in [-0.39, 0.29) is 34.8 Å². The lowest BCUT2D eigenvalue weighted by Crippen LogP contribution is -2.34. The second kappa shape index (κ2) is 6.64. The molecule has 0 radical (unpaired) electrons. The number of amides is 1. The highest BCUT2D eigenvalue weighted by Gasteiger charge is 2.27. The summed E-state index contributed by atoms with van der Waals surface area (Å²) < 4.78 is 0. The van der Waals surface area contributed by atoms with Crippen molar-refractivity contribution in [1.29, 1.82) is 0 Å². The molecule has 1 saturated carbocycles. The summed E-state index contributed by atoms with van der Waals surface area (Å²) in [5.41, 5.74) is -0.0509. The number of nitro groups is 1. The first kappa shape index (κ1) is 16.7. The third-order valence-corrected chi connectivity index (χ3v) is 3.61. The van der Waals surface area contributed by atoms with E-state index >= 15 is 0 Å². The molecule has 124 valence electrons. The van der Waals surface area contributed by atoms with Gasteiger partial charge >= 0.3 is 5.97 Å². The molecule has 0 saturated heterocycles. The summed E-state index contributed by atoms with van der Waals surface area (Å²) in [5, 5.41) is 25.9. The summed E-state index contributed by atoms with van der Waals surface area (Å²) in [4.78, 5) is 33.8. The van der Waals surface area contributed by atoms with Crippen molar-refractivity contribution in [3.63, 3.8) is 0 Å². The maximum absolute atomic E-state index is 12.0. The Morgan fingerprint density at radius 1 is 1.35 bits per heavy atom. The minimum absolute atomic E-state index is 0.0825. The van der Waals surface area contributed by atoms with Gasteiger partial charge in [0.05, 0.1) is 4.92 Å². The number of nitro benzene ring substituents is 1. The number of benzene rings is 1. The van der Waals surface area contributed by atoms with Crippen LogP contribution in [0, 0.1) is 16.0 Å². The zero-order chi connectivity index (χ0) is 17.1. The smallest absolute Gasteiger partial charge is 0.326 e. The molecule has 0 aromatic heterocycles. The average Bonchev–Trinajstić information content (AvgIpc) is 3.27. The second-order valence-corrected chi connectivity index (χ2v) is 5.94. The molecule has 0 bridgehead atoms. The van der Waals surface area contributed by atoms with Gasteiger partial charge in [0.15, 0.2) is 0 Å². The van der Waals surface area contributed by atoms with E-state index in [0.717, 1.165) is 12.8 Å². The van der Waals surface area contributed by atoms with Crippen molar-refractivity contribution in [3.8, 4) is 0 Å². The van der Waals surface area contributed by atoms with Gasteiger partial charge in [-0.25, -0.2) is 4.79 Å². The fourth-order valence-electron chi connectivity index (χ4n) is 2.12. The minimum Gasteiger partial charge on any atom is -0.480 e. The van der Waals surface area contributed by atoms with Crippen LogP contribution in [0.3, 0.4) is 0 Å². The molecular formula is C15H19N3O5. The lowest BCUT2D eigenvalue weighted by atomic mass is 10.0. The van der Waals surface area contributed by atoms with Crippen molar-refractivity contribution in [3.05, 3.63) is 33.9 Å². The van der Waals surface area contributed by atoms with E-state index in [1.54, 1.807) is 13.8 Å². The summed E-state index contributed by atoms with van der Waals surface area (Å²) in [6, 6.07) is 3.18. The molecular weight excluding hydrogens is 302 g/mol. The Labute approximate surface area is 133 Å². The Bertz CT molecular complexity index is 640. The first-order valence-corrected chi connectivity index (χ1v) is 7.38. The van der Waals surface area contributed by atoms with Crippen LogP contribution in [0.5, 0.6) is 0 Å². The Balaban J connectivity index is 2.26. The number of hydrogen-bond donors (Lipinski definition) is 3. The van der Waals surface area contributed by atoms with E-state index in [2.05, 4.69) is 10.6 Å². The Morgan fingerprint density at radius 2 is 2.00 bits per heavy atom. The number of anilines is 1. The number of nitrogens with zero attached hydrogens (tertiary/aromatic N) is 1. The van der Waals surface area contributed by atoms with Crippen LogP contribution in [-0.2, 0) is 4.79 Å². The van der Waals surface area contributed by atoms with Gasteiger partial charge in [-0.05, 0) is 30.9 Å². The number of carbonyl (C=O) groups excluding carboxylic acids is 1. The van der Waals surface area contributed by atoms with Crippen LogP contribution in [-0.4, -0.2) is 34.0 Å². The van der Waals surface area contributed by atoms with E-state index in [1.165, 1.54) is 18.2 Å². The van der Waals surface area contributed by atoms with Gasteiger partial charge in [-0.3, -0.25) is 14.9 Å². The molecule has 2 rings (SSSR count). The van der Waals surface area contributed by atoms with E-state index in [9.17, 15) is 24.8 Å². The molecule has 0 aliphatic heterocycles. The van der Waals surface area contributed by atoms with Crippen molar-refractivity contribution in [2.24, 2.45) is 5.92 Å². The summed E-state index contributed by atoms with van der Waals surface area (Å²) in [6.07, 6.45) is 1.84. The number of carboxylic acids is 1. The summed E-state index contributed by atoms with van der Waals surface area (Å²) in [6.45, 7) is 3.41. The summed E-state index contributed by atoms with van der Waals surface area (Å²) in [5.74, 6) is -1.71. The fourth-order valence-corrected chi connectivity index (χ4v) is 2.12. The van der Waals surface area contributed by atoms with Crippen LogP contribution < -0.4 is 10.6 Å². The molecule has 3 N–H and O–H groups in total. The molecule has 1 atom stereocenters. The van der Waals surface area contributed by atoms with Gasteiger partial charge in [0, 0.05) is 17.7 Å². The highest BCUT2D eigenvalue weighted by atomic mass is 16.6. The summed E-state index contributed by atoms with van der Waals surface area (Å²) >= 11 is 0. The number of carbonyl (C=O) groups is 2. The SMILES string of the molecule is CC(C)[C@@H](Nc1ccc(C(=O)NC2CC2)cc1[N+](=O)[O-])C(=O)O. The molecule has 0 heterocycles. The number of hydrogen-bond acceptors (Lipinski definition) is 5. The monoisotopic (exact) mass is 321 g/mol. The van der Waals surface area contributed by atoms with Gasteiger partial charge in [-0.15, -0.1) is 0 Å². The quantitative estimate of drug-likeness (QED) is 0.521. The van der Waals surface area contributed by atoms with E-state index in [0.29, 0.717) is 0 Å². The van der Waals surface area contributed by atoms with Gasteiger partial charge in [0.2, 0.25) is 0 Å². The highest BCUT2D eigenvalue weighted by molar-refractivity contribution is 5.96. The molecule has 1 fully saturated rings. The van der Waals surface area contributed by atoms with Crippen molar-refractivity contribution in [2.75, 3.05) is 5.32 Å². The Hall–Kier alpha value is -2.64. The van der Waals surface area contributed by atoms with Crippen LogP contribution in [0.2, 0.25) is 0 Å². The average molecular weight is 321 g/mol. The lowest BCUT2D eigenvalue weighted by Gasteiger charge is -2.19. The summed E-state index contributed by atoms with van der Waals surface area (Å²) in [7, 11) is 0. The standard InChI is InChI=1S/C15H19N3O5/c1-8(2)13(15(20)21)17-11-6-3-9(7-12(11)18(22)23)14(19)16-10-4-5-10/h3,6-8,10,13,17H,4-5H2,1-2H3,(H,16,19)(H,20,21)/t13-/m1/s1. The molecule has 8 nitrogen and oxygen atoms in total. The fraction of sp³-hybridized carbons (Fsp3) is 0.467. The predicted molar refractivity (Wildman–Crippen MR) is 83.5 cm³/mol. The zero-order valence-electron chi connectivity index (χ0n) is 12.9. The normalized spacial score (nSPS) is 15.1. The molecule has 1 aliphatic carbocycles. The van der Waals surface area contributed by atoms with E-state index < -0.39 is 16.9 Å². The Morgan fingerprint density at radius 3 is 2.48 bits per heavy atom. The molecule has 0 spiro atoms. The lowest BCUT2D eigenvalue weighted by molar-refractivity contribution is -0.384. The molecule has 0 unspecified atom stereocenters. The van der Waals surface area contributed by atoms with Crippen LogP contribution in [0.4, 0.5) is 11.4 Å². The van der Waals surface area contributed by atoms with Crippen LogP contribution >= 0.6 is 0 Å². The molecule has 23 heavy (non-hydrogen) atoms. The third kappa shape index (κ3) is 4.18. The van der Waals surface area contributed by atoms with Gasteiger partial charge in [0.25, 0.3) is 11.6 Å². The maximum Gasteiger partial charge on any atom is 0.326 e. The minimum atomic E-state index is -1.09. The van der Waals surface area contributed by atoms with Crippen molar-refractivity contribution in [2.45, 2.75) is 38.8 Å². The van der Waals surface area contributed by atoms with Gasteiger partial charge in [-0.2, -0.15) is 0 Å². The van der Waals surface area contributed by atoms with Crippen LogP contribution in [0.15, 0.2) is 18.2 Å². The van der Waals surface area contributed by atoms with E-state index in [4.69, 9.17) is 0 Å². The zero-order valence-corrected chi connectivity index (χ0v) is 12.9.